The Morgan fingerprint density at radius 3 is 1.80 bits per heavy atom. The second kappa shape index (κ2) is 4.52. The van der Waals surface area contributed by atoms with E-state index in [9.17, 15) is 33.8 Å². The molecule has 0 amide bonds. The standard InChI is InChI=1S/C4H2F7.CH3O.O.Sn/c5-1-3(8,9)4(10,11)2(6)7;1-2;;/h1H2;1H3;;/q;-1;;+1. The summed E-state index contributed by atoms with van der Waals surface area (Å²) in [4.78, 5) is 0. The molecule has 2 nitrogen and oxygen atoms in total. The molecule has 0 rings (SSSR count). The predicted molar refractivity (Wildman–Crippen MR) is 34.3 cm³/mol. The molecule has 0 bridgehead atoms. The Hall–Kier alpha value is 0.0687. The summed E-state index contributed by atoms with van der Waals surface area (Å²) in [6.45, 7) is -2.98. The molecule has 0 N–H and O–H groups in total. The van der Waals surface area contributed by atoms with Gasteiger partial charge in [0.15, 0.2) is 0 Å². The van der Waals surface area contributed by atoms with Crippen molar-refractivity contribution in [2.75, 3.05) is 13.8 Å². The van der Waals surface area contributed by atoms with Crippen LogP contribution in [0.4, 0.5) is 30.7 Å². The minimum atomic E-state index is -6.03. The Balaban J connectivity index is 5.27. The number of halogens is 7. The van der Waals surface area contributed by atoms with E-state index in [2.05, 4.69) is 3.07 Å². The van der Waals surface area contributed by atoms with E-state index in [0.29, 0.717) is 7.11 Å². The summed E-state index contributed by atoms with van der Waals surface area (Å²) >= 11 is -5.69. The molecule has 0 aromatic carbocycles. The first-order chi connectivity index (χ1) is 6.54. The van der Waals surface area contributed by atoms with Gasteiger partial charge in [0.1, 0.15) is 0 Å². The van der Waals surface area contributed by atoms with Crippen molar-refractivity contribution >= 4 is 20.2 Å². The van der Waals surface area contributed by atoms with Crippen molar-refractivity contribution in [1.29, 1.82) is 0 Å². The summed E-state index contributed by atoms with van der Waals surface area (Å²) in [5, 5.41) is 0. The van der Waals surface area contributed by atoms with Crippen LogP contribution in [0.3, 0.4) is 0 Å². The van der Waals surface area contributed by atoms with E-state index in [1.165, 1.54) is 0 Å². The zero-order chi connectivity index (χ0) is 12.5. The van der Waals surface area contributed by atoms with Gasteiger partial charge < -0.3 is 0 Å². The van der Waals surface area contributed by atoms with Crippen LogP contribution >= 0.6 is 0 Å². The van der Waals surface area contributed by atoms with E-state index in [1.54, 1.807) is 0 Å². The van der Waals surface area contributed by atoms with E-state index in [4.69, 9.17) is 0 Å². The second-order valence-corrected chi connectivity index (χ2v) is 7.08. The molecule has 0 atom stereocenters. The van der Waals surface area contributed by atoms with Crippen LogP contribution in [0.2, 0.25) is 0 Å². The second-order valence-electron chi connectivity index (χ2n) is 2.48. The van der Waals surface area contributed by atoms with Crippen molar-refractivity contribution in [3.8, 4) is 0 Å². The number of hydrogen-bond acceptors (Lipinski definition) is 2. The fourth-order valence-corrected chi connectivity index (χ4v) is 2.56. The molecule has 0 aromatic rings. The Morgan fingerprint density at radius 1 is 1.13 bits per heavy atom. The zero-order valence-corrected chi connectivity index (χ0v) is 10.0. The van der Waals surface area contributed by atoms with Gasteiger partial charge in [0.05, 0.1) is 0 Å². The van der Waals surface area contributed by atoms with Gasteiger partial charge in [-0.15, -0.1) is 0 Å². The molecule has 0 aliphatic rings. The molecule has 0 saturated heterocycles. The van der Waals surface area contributed by atoms with Crippen LogP contribution in [0.5, 0.6) is 0 Å². The zero-order valence-electron chi connectivity index (χ0n) is 7.17. The first kappa shape index (κ1) is 15.1. The van der Waals surface area contributed by atoms with E-state index in [-0.39, 0.29) is 0 Å². The predicted octanol–water partition coefficient (Wildman–Crippen LogP) is 1.97. The van der Waals surface area contributed by atoms with Crippen molar-refractivity contribution in [1.82, 2.24) is 0 Å². The molecule has 15 heavy (non-hydrogen) atoms. The summed E-state index contributed by atoms with van der Waals surface area (Å²) < 4.78 is 94.1. The Morgan fingerprint density at radius 2 is 1.53 bits per heavy atom. The maximum absolute atomic E-state index is 12.5. The van der Waals surface area contributed by atoms with Crippen molar-refractivity contribution in [3.05, 3.63) is 0 Å². The minimum absolute atomic E-state index is 0.430. The molecule has 0 spiro atoms. The molecule has 0 aliphatic carbocycles. The van der Waals surface area contributed by atoms with Gasteiger partial charge in [-0.2, -0.15) is 0 Å². The molecule has 0 radical (unpaired) electrons. The number of rotatable bonds is 5. The van der Waals surface area contributed by atoms with Crippen LogP contribution < -0.4 is 0 Å². The molecule has 10 heteroatoms. The molecule has 90 valence electrons. The molecule has 0 saturated carbocycles. The van der Waals surface area contributed by atoms with Crippen molar-refractivity contribution in [3.63, 3.8) is 0 Å². The Kier molecular flexibility index (Phi) is 4.54. The summed E-state index contributed by atoms with van der Waals surface area (Å²) in [5.41, 5.74) is 0. The molecule has 0 aromatic heterocycles. The fraction of sp³-hybridized carbons (Fsp3) is 1.00. The van der Waals surface area contributed by atoms with Crippen LogP contribution in [-0.2, 0) is 6.15 Å². The normalized spacial score (nSPS) is 14.1. The summed E-state index contributed by atoms with van der Waals surface area (Å²) in [5.74, 6) is -11.6. The quantitative estimate of drug-likeness (QED) is 0.561. The SMILES string of the molecule is C[O][Sn](=[O])[C](F)(F)C(F)(F)C(F)(F)CF. The summed E-state index contributed by atoms with van der Waals surface area (Å²) in [6, 6.07) is 0. The molecule has 0 aliphatic heterocycles. The maximum atomic E-state index is 12.5. The van der Waals surface area contributed by atoms with Crippen molar-refractivity contribution in [2.45, 2.75) is 15.8 Å². The third-order valence-electron chi connectivity index (χ3n) is 1.46. The first-order valence-corrected chi connectivity index (χ1v) is 7.08. The van der Waals surface area contributed by atoms with Crippen LogP contribution in [0.25, 0.3) is 0 Å². The summed E-state index contributed by atoms with van der Waals surface area (Å²) in [7, 11) is 0.430. The molecular weight excluding hydrogens is 344 g/mol. The number of alkyl halides is 7. The number of hydrogen-bond donors (Lipinski definition) is 0. The fourth-order valence-electron chi connectivity index (χ4n) is 0.570. The van der Waals surface area contributed by atoms with E-state index < -0.39 is 42.6 Å². The first-order valence-electron chi connectivity index (χ1n) is 3.32. The molecule has 0 fully saturated rings. The van der Waals surface area contributed by atoms with E-state index >= 15 is 0 Å². The van der Waals surface area contributed by atoms with Gasteiger partial charge >= 0.3 is 86.6 Å². The monoisotopic (exact) mass is 350 g/mol. The third kappa shape index (κ3) is 2.43. The van der Waals surface area contributed by atoms with Gasteiger partial charge in [-0.05, 0) is 0 Å². The van der Waals surface area contributed by atoms with Crippen LogP contribution in [0.15, 0.2) is 0 Å². The Labute approximate surface area is 87.1 Å². The van der Waals surface area contributed by atoms with Gasteiger partial charge in [-0.1, -0.05) is 0 Å². The van der Waals surface area contributed by atoms with Gasteiger partial charge in [0, 0.05) is 0 Å². The summed E-state index contributed by atoms with van der Waals surface area (Å²) in [6.07, 6.45) is 0. The van der Waals surface area contributed by atoms with Gasteiger partial charge in [0.2, 0.25) is 0 Å². The Bertz CT molecular complexity index is 254. The third-order valence-corrected chi connectivity index (χ3v) is 4.88. The topological polar surface area (TPSA) is 26.3 Å². The average Bonchev–Trinajstić information content (AvgIpc) is 2.15. The van der Waals surface area contributed by atoms with E-state index in [0.717, 1.165) is 0 Å². The van der Waals surface area contributed by atoms with Crippen LogP contribution in [0.1, 0.15) is 0 Å². The van der Waals surface area contributed by atoms with Gasteiger partial charge in [-0.25, -0.2) is 0 Å². The molecular formula is C5H5F7O2Sn. The van der Waals surface area contributed by atoms with E-state index in [1.807, 2.05) is 0 Å². The van der Waals surface area contributed by atoms with Crippen molar-refractivity contribution < 1.29 is 36.9 Å². The van der Waals surface area contributed by atoms with Crippen molar-refractivity contribution in [2.24, 2.45) is 0 Å². The molecule has 0 heterocycles. The average molecular weight is 349 g/mol. The van der Waals surface area contributed by atoms with Gasteiger partial charge in [-0.3, -0.25) is 0 Å². The van der Waals surface area contributed by atoms with Gasteiger partial charge in [0.25, 0.3) is 0 Å². The van der Waals surface area contributed by atoms with Crippen LogP contribution in [0, 0.1) is 0 Å². The molecule has 0 unspecified atom stereocenters. The van der Waals surface area contributed by atoms with Crippen LogP contribution in [-0.4, -0.2) is 49.7 Å².